The van der Waals surface area contributed by atoms with Crippen LogP contribution in [0.4, 0.5) is 11.4 Å². The van der Waals surface area contributed by atoms with Crippen molar-refractivity contribution < 1.29 is 22.8 Å². The number of anilines is 1. The Labute approximate surface area is 138 Å². The van der Waals surface area contributed by atoms with Crippen molar-refractivity contribution in [3.05, 3.63) is 58.1 Å². The molecule has 1 aliphatic rings. The number of sulfonamides is 1. The van der Waals surface area contributed by atoms with E-state index in [4.69, 9.17) is 9.47 Å². The van der Waals surface area contributed by atoms with Crippen molar-refractivity contribution in [1.82, 2.24) is 0 Å². The van der Waals surface area contributed by atoms with E-state index >= 15 is 0 Å². The quantitative estimate of drug-likeness (QED) is 0.655. The molecule has 0 bridgehead atoms. The minimum absolute atomic E-state index is 0.118. The number of hydrogen-bond donors (Lipinski definition) is 1. The Morgan fingerprint density at radius 1 is 1.08 bits per heavy atom. The predicted molar refractivity (Wildman–Crippen MR) is 86.8 cm³/mol. The van der Waals surface area contributed by atoms with Crippen LogP contribution in [0.15, 0.2) is 42.5 Å². The van der Waals surface area contributed by atoms with Crippen LogP contribution in [-0.4, -0.2) is 26.6 Å². The van der Waals surface area contributed by atoms with Gasteiger partial charge in [-0.1, -0.05) is 18.2 Å². The van der Waals surface area contributed by atoms with Gasteiger partial charge < -0.3 is 9.47 Å². The van der Waals surface area contributed by atoms with Gasteiger partial charge in [0.2, 0.25) is 10.0 Å². The average molecular weight is 350 g/mol. The summed E-state index contributed by atoms with van der Waals surface area (Å²) in [6.45, 7) is 0.829. The van der Waals surface area contributed by atoms with Crippen LogP contribution in [0.5, 0.6) is 11.5 Å². The summed E-state index contributed by atoms with van der Waals surface area (Å²) in [5.41, 5.74) is 0.190. The Balaban J connectivity index is 1.81. The summed E-state index contributed by atoms with van der Waals surface area (Å²) in [5.74, 6) is 0.494. The maximum absolute atomic E-state index is 12.3. The highest BCUT2D eigenvalue weighted by Gasteiger charge is 2.20. The Bertz CT molecular complexity index is 881. The van der Waals surface area contributed by atoms with Gasteiger partial charge in [0.1, 0.15) is 19.0 Å². The fourth-order valence-corrected chi connectivity index (χ4v) is 3.55. The number of nitrogens with one attached hydrogen (secondary N) is 1. The van der Waals surface area contributed by atoms with Crippen molar-refractivity contribution in [1.29, 1.82) is 0 Å². The second kappa shape index (κ2) is 6.36. The molecule has 0 aliphatic carbocycles. The number of nitro benzene ring substituents is 1. The summed E-state index contributed by atoms with van der Waals surface area (Å²) in [6, 6.07) is 10.4. The molecule has 0 amide bonds. The van der Waals surface area contributed by atoms with E-state index < -0.39 is 20.7 Å². The first-order chi connectivity index (χ1) is 11.4. The fourth-order valence-electron chi connectivity index (χ4n) is 2.34. The summed E-state index contributed by atoms with van der Waals surface area (Å²) >= 11 is 0. The highest BCUT2D eigenvalue weighted by Crippen LogP contribution is 2.33. The van der Waals surface area contributed by atoms with Gasteiger partial charge in [0, 0.05) is 17.7 Å². The van der Waals surface area contributed by atoms with Gasteiger partial charge in [0.05, 0.1) is 10.6 Å². The van der Waals surface area contributed by atoms with E-state index in [1.807, 2.05) is 0 Å². The van der Waals surface area contributed by atoms with Crippen LogP contribution in [-0.2, 0) is 15.8 Å². The number of benzene rings is 2. The summed E-state index contributed by atoms with van der Waals surface area (Å²) in [5, 5.41) is 11.0. The third kappa shape index (κ3) is 3.57. The molecule has 24 heavy (non-hydrogen) atoms. The van der Waals surface area contributed by atoms with Crippen LogP contribution in [0, 0.1) is 10.1 Å². The van der Waals surface area contributed by atoms with E-state index in [1.165, 1.54) is 24.3 Å². The Morgan fingerprint density at radius 2 is 1.79 bits per heavy atom. The average Bonchev–Trinajstić information content (AvgIpc) is 2.54. The summed E-state index contributed by atoms with van der Waals surface area (Å²) < 4.78 is 37.8. The minimum atomic E-state index is -3.82. The molecule has 0 unspecified atom stereocenters. The van der Waals surface area contributed by atoms with E-state index in [-0.39, 0.29) is 11.3 Å². The van der Waals surface area contributed by atoms with Crippen molar-refractivity contribution in [3.8, 4) is 11.5 Å². The summed E-state index contributed by atoms with van der Waals surface area (Å²) in [4.78, 5) is 10.4. The van der Waals surface area contributed by atoms with Gasteiger partial charge in [-0.15, -0.1) is 0 Å². The van der Waals surface area contributed by atoms with Crippen molar-refractivity contribution in [2.45, 2.75) is 5.75 Å². The molecule has 1 heterocycles. The largest absolute Gasteiger partial charge is 0.486 e. The highest BCUT2D eigenvalue weighted by molar-refractivity contribution is 7.91. The van der Waals surface area contributed by atoms with Crippen molar-refractivity contribution in [2.75, 3.05) is 17.9 Å². The Hall–Kier alpha value is -2.81. The second-order valence-corrected chi connectivity index (χ2v) is 6.83. The third-order valence-electron chi connectivity index (χ3n) is 3.35. The molecule has 1 N–H and O–H groups in total. The highest BCUT2D eigenvalue weighted by atomic mass is 32.2. The predicted octanol–water partition coefficient (Wildman–Crippen LogP) is 2.31. The molecule has 8 nitrogen and oxygen atoms in total. The smallest absolute Gasteiger partial charge is 0.273 e. The van der Waals surface area contributed by atoms with E-state index in [9.17, 15) is 18.5 Å². The number of para-hydroxylation sites is 1. The van der Waals surface area contributed by atoms with Gasteiger partial charge in [-0.3, -0.25) is 14.8 Å². The zero-order valence-corrected chi connectivity index (χ0v) is 13.3. The minimum Gasteiger partial charge on any atom is -0.486 e. The topological polar surface area (TPSA) is 108 Å². The van der Waals surface area contributed by atoms with Crippen LogP contribution < -0.4 is 14.2 Å². The van der Waals surface area contributed by atoms with Crippen LogP contribution in [0.1, 0.15) is 5.56 Å². The zero-order valence-electron chi connectivity index (χ0n) is 12.5. The Kier molecular flexibility index (Phi) is 4.26. The standard InChI is InChI=1S/C15H14N2O6S/c18-17(19)13-4-2-1-3-11(13)10-24(20,21)16-12-5-6-14-15(9-12)23-8-7-22-14/h1-6,9,16H,7-8,10H2. The molecule has 0 radical (unpaired) electrons. The molecule has 2 aromatic carbocycles. The van der Waals surface area contributed by atoms with Gasteiger partial charge in [-0.05, 0) is 12.1 Å². The van der Waals surface area contributed by atoms with Gasteiger partial charge >= 0.3 is 0 Å². The lowest BCUT2D eigenvalue weighted by atomic mass is 10.2. The monoisotopic (exact) mass is 350 g/mol. The molecular formula is C15H14N2O6S. The molecule has 0 aromatic heterocycles. The molecular weight excluding hydrogens is 336 g/mol. The normalized spacial score (nSPS) is 13.3. The lowest BCUT2D eigenvalue weighted by Gasteiger charge is -2.19. The lowest BCUT2D eigenvalue weighted by Crippen LogP contribution is -2.17. The lowest BCUT2D eigenvalue weighted by molar-refractivity contribution is -0.385. The van der Waals surface area contributed by atoms with E-state index in [2.05, 4.69) is 4.72 Å². The maximum atomic E-state index is 12.3. The number of nitrogens with zero attached hydrogens (tertiary/aromatic N) is 1. The van der Waals surface area contributed by atoms with Crippen molar-refractivity contribution in [3.63, 3.8) is 0 Å². The molecule has 126 valence electrons. The van der Waals surface area contributed by atoms with Crippen molar-refractivity contribution in [2.24, 2.45) is 0 Å². The van der Waals surface area contributed by atoms with Crippen molar-refractivity contribution >= 4 is 21.4 Å². The van der Waals surface area contributed by atoms with Gasteiger partial charge in [-0.25, -0.2) is 8.42 Å². The SMILES string of the molecule is O=[N+]([O-])c1ccccc1CS(=O)(=O)Nc1ccc2c(c1)OCCO2. The van der Waals surface area contributed by atoms with Gasteiger partial charge in [0.25, 0.3) is 5.69 Å². The van der Waals surface area contributed by atoms with Gasteiger partial charge in [-0.2, -0.15) is 0 Å². The molecule has 0 atom stereocenters. The first kappa shape index (κ1) is 16.1. The number of fused-ring (bicyclic) bond motifs is 1. The molecule has 0 fully saturated rings. The second-order valence-electron chi connectivity index (χ2n) is 5.11. The number of nitro groups is 1. The van der Waals surface area contributed by atoms with Crippen LogP contribution >= 0.6 is 0 Å². The fraction of sp³-hybridized carbons (Fsp3) is 0.200. The Morgan fingerprint density at radius 3 is 2.54 bits per heavy atom. The van der Waals surface area contributed by atoms with Crippen LogP contribution in [0.3, 0.4) is 0 Å². The van der Waals surface area contributed by atoms with Crippen LogP contribution in [0.2, 0.25) is 0 Å². The zero-order chi connectivity index (χ0) is 17.2. The van der Waals surface area contributed by atoms with Crippen LogP contribution in [0.25, 0.3) is 0 Å². The number of ether oxygens (including phenoxy) is 2. The number of rotatable bonds is 5. The molecule has 0 spiro atoms. The first-order valence-corrected chi connectivity index (χ1v) is 8.72. The number of hydrogen-bond acceptors (Lipinski definition) is 6. The molecule has 9 heteroatoms. The summed E-state index contributed by atoms with van der Waals surface area (Å²) in [6.07, 6.45) is 0. The van der Waals surface area contributed by atoms with E-state index in [0.717, 1.165) is 0 Å². The molecule has 3 rings (SSSR count). The van der Waals surface area contributed by atoms with E-state index in [1.54, 1.807) is 18.2 Å². The van der Waals surface area contributed by atoms with E-state index in [0.29, 0.717) is 30.4 Å². The molecule has 0 saturated heterocycles. The first-order valence-electron chi connectivity index (χ1n) is 7.07. The third-order valence-corrected chi connectivity index (χ3v) is 4.59. The molecule has 2 aromatic rings. The molecule has 0 saturated carbocycles. The maximum Gasteiger partial charge on any atom is 0.273 e. The molecule has 1 aliphatic heterocycles. The summed E-state index contributed by atoms with van der Waals surface area (Å²) in [7, 11) is -3.82. The van der Waals surface area contributed by atoms with Gasteiger partial charge in [0.15, 0.2) is 11.5 Å².